The molecule has 1 amide bonds. The highest BCUT2D eigenvalue weighted by molar-refractivity contribution is 8.18. The molecule has 2 aromatic carbocycles. The second kappa shape index (κ2) is 6.58. The molecule has 1 aliphatic heterocycles. The summed E-state index contributed by atoms with van der Waals surface area (Å²) in [5, 5.41) is 12.5. The van der Waals surface area contributed by atoms with Gasteiger partial charge in [-0.3, -0.25) is 4.79 Å². The number of carbonyl (C=O) groups excluding carboxylic acids is 1. The van der Waals surface area contributed by atoms with Crippen LogP contribution in [0.15, 0.2) is 58.4 Å². The first kappa shape index (κ1) is 15.2. The molecule has 0 aromatic heterocycles. The Bertz CT molecular complexity index is 798. The highest BCUT2D eigenvalue weighted by Gasteiger charge is 2.24. The van der Waals surface area contributed by atoms with Crippen molar-refractivity contribution in [3.63, 3.8) is 0 Å². The van der Waals surface area contributed by atoms with Crippen LogP contribution >= 0.6 is 11.8 Å². The number of para-hydroxylation sites is 1. The third-order valence-electron chi connectivity index (χ3n) is 3.16. The highest BCUT2D eigenvalue weighted by atomic mass is 32.2. The third kappa shape index (κ3) is 3.54. The van der Waals surface area contributed by atoms with Crippen LogP contribution in [0.5, 0.6) is 11.5 Å². The van der Waals surface area contributed by atoms with Crippen molar-refractivity contribution in [3.05, 3.63) is 59.0 Å². The van der Waals surface area contributed by atoms with Gasteiger partial charge < -0.3 is 15.2 Å². The molecule has 0 saturated carbocycles. The normalized spacial score (nSPS) is 17.5. The lowest BCUT2D eigenvalue weighted by atomic mass is 10.2. The predicted molar refractivity (Wildman–Crippen MR) is 91.9 cm³/mol. The molecule has 1 aliphatic rings. The van der Waals surface area contributed by atoms with Crippen molar-refractivity contribution < 1.29 is 14.6 Å². The molecule has 6 heteroatoms. The quantitative estimate of drug-likeness (QED) is 0.849. The fourth-order valence-electron chi connectivity index (χ4n) is 2.05. The standard InChI is InChI=1S/C17H14N2O3S/c1-22-14-5-3-2-4-11(14)10-15-16(21)19-17(23-15)18-12-6-8-13(20)9-7-12/h2-10,20H,1H3,(H,18,19,21)/b15-10+. The van der Waals surface area contributed by atoms with E-state index in [9.17, 15) is 9.90 Å². The van der Waals surface area contributed by atoms with E-state index >= 15 is 0 Å². The fraction of sp³-hybridized carbons (Fsp3) is 0.0588. The number of nitrogens with zero attached hydrogens (tertiary/aromatic N) is 1. The number of ether oxygens (including phenoxy) is 1. The molecule has 1 saturated heterocycles. The van der Waals surface area contributed by atoms with Crippen molar-refractivity contribution in [2.75, 3.05) is 7.11 Å². The monoisotopic (exact) mass is 326 g/mol. The van der Waals surface area contributed by atoms with E-state index in [0.29, 0.717) is 21.5 Å². The number of carbonyl (C=O) groups is 1. The molecular weight excluding hydrogens is 312 g/mol. The van der Waals surface area contributed by atoms with E-state index < -0.39 is 0 Å². The number of phenols is 1. The van der Waals surface area contributed by atoms with Crippen molar-refractivity contribution in [1.82, 2.24) is 5.32 Å². The number of thioether (sulfide) groups is 1. The average molecular weight is 326 g/mol. The molecule has 0 spiro atoms. The van der Waals surface area contributed by atoms with Gasteiger partial charge >= 0.3 is 0 Å². The summed E-state index contributed by atoms with van der Waals surface area (Å²) in [6, 6.07) is 13.9. The molecule has 0 atom stereocenters. The van der Waals surface area contributed by atoms with Crippen LogP contribution in [-0.2, 0) is 4.79 Å². The Kier molecular flexibility index (Phi) is 4.34. The van der Waals surface area contributed by atoms with E-state index in [1.165, 1.54) is 11.8 Å². The van der Waals surface area contributed by atoms with E-state index in [0.717, 1.165) is 5.56 Å². The number of phenolic OH excluding ortho intramolecular Hbond substituents is 1. The largest absolute Gasteiger partial charge is 0.508 e. The molecule has 0 radical (unpaired) electrons. The summed E-state index contributed by atoms with van der Waals surface area (Å²) in [5.41, 5.74) is 1.49. The summed E-state index contributed by atoms with van der Waals surface area (Å²) in [7, 11) is 1.59. The van der Waals surface area contributed by atoms with Gasteiger partial charge in [0.1, 0.15) is 11.5 Å². The van der Waals surface area contributed by atoms with Gasteiger partial charge in [0.05, 0.1) is 17.7 Å². The van der Waals surface area contributed by atoms with Crippen LogP contribution in [0.25, 0.3) is 6.08 Å². The lowest BCUT2D eigenvalue weighted by molar-refractivity contribution is -0.115. The topological polar surface area (TPSA) is 70.9 Å². The molecular formula is C17H14N2O3S. The van der Waals surface area contributed by atoms with Gasteiger partial charge in [-0.1, -0.05) is 18.2 Å². The Morgan fingerprint density at radius 1 is 1.17 bits per heavy atom. The highest BCUT2D eigenvalue weighted by Crippen LogP contribution is 2.30. The number of methoxy groups -OCH3 is 1. The van der Waals surface area contributed by atoms with Crippen LogP contribution < -0.4 is 10.1 Å². The molecule has 2 N–H and O–H groups in total. The third-order valence-corrected chi connectivity index (χ3v) is 4.07. The van der Waals surface area contributed by atoms with Crippen LogP contribution in [0.3, 0.4) is 0 Å². The maximum atomic E-state index is 12.1. The summed E-state index contributed by atoms with van der Waals surface area (Å²) in [5.74, 6) is 0.685. The predicted octanol–water partition coefficient (Wildman–Crippen LogP) is 3.29. The number of hydrogen-bond donors (Lipinski definition) is 2. The van der Waals surface area contributed by atoms with Gasteiger partial charge in [-0.15, -0.1) is 0 Å². The minimum atomic E-state index is -0.196. The second-order valence-corrected chi connectivity index (χ2v) is 5.77. The number of aliphatic imine (C=N–C) groups is 1. The van der Waals surface area contributed by atoms with Crippen molar-refractivity contribution in [3.8, 4) is 11.5 Å². The van der Waals surface area contributed by atoms with E-state index in [4.69, 9.17) is 4.74 Å². The Morgan fingerprint density at radius 2 is 1.91 bits per heavy atom. The summed E-state index contributed by atoms with van der Waals surface area (Å²) >= 11 is 1.26. The molecule has 23 heavy (non-hydrogen) atoms. The van der Waals surface area contributed by atoms with Crippen molar-refractivity contribution in [2.24, 2.45) is 4.99 Å². The number of hydrogen-bond acceptors (Lipinski definition) is 5. The summed E-state index contributed by atoms with van der Waals surface area (Å²) < 4.78 is 5.29. The van der Waals surface area contributed by atoms with Crippen molar-refractivity contribution in [2.45, 2.75) is 0 Å². The molecule has 0 aliphatic carbocycles. The van der Waals surface area contributed by atoms with Crippen LogP contribution in [-0.4, -0.2) is 23.3 Å². The Hall–Kier alpha value is -2.73. The number of benzene rings is 2. The molecule has 0 bridgehead atoms. The minimum absolute atomic E-state index is 0.175. The zero-order valence-electron chi connectivity index (χ0n) is 12.3. The van der Waals surface area contributed by atoms with Crippen LogP contribution in [0.4, 0.5) is 5.69 Å². The minimum Gasteiger partial charge on any atom is -0.508 e. The van der Waals surface area contributed by atoms with Crippen LogP contribution in [0, 0.1) is 0 Å². The number of aromatic hydroxyl groups is 1. The van der Waals surface area contributed by atoms with Gasteiger partial charge in [0, 0.05) is 5.56 Å². The van der Waals surface area contributed by atoms with Gasteiger partial charge in [-0.05, 0) is 48.2 Å². The van der Waals surface area contributed by atoms with Crippen LogP contribution in [0.2, 0.25) is 0 Å². The average Bonchev–Trinajstić information content (AvgIpc) is 2.90. The lowest BCUT2D eigenvalue weighted by Gasteiger charge is -2.03. The molecule has 1 fully saturated rings. The van der Waals surface area contributed by atoms with Gasteiger partial charge in [-0.2, -0.15) is 0 Å². The number of nitrogens with one attached hydrogen (secondary N) is 1. The number of rotatable bonds is 3. The first-order chi connectivity index (χ1) is 11.2. The molecule has 1 heterocycles. The fourth-order valence-corrected chi connectivity index (χ4v) is 2.88. The number of amides is 1. The molecule has 5 nitrogen and oxygen atoms in total. The Balaban J connectivity index is 1.85. The van der Waals surface area contributed by atoms with Gasteiger partial charge in [0.15, 0.2) is 5.17 Å². The molecule has 116 valence electrons. The van der Waals surface area contributed by atoms with E-state index in [-0.39, 0.29) is 11.7 Å². The second-order valence-electron chi connectivity index (χ2n) is 4.74. The SMILES string of the molecule is COc1ccccc1/C=C1/SC(=Nc2ccc(O)cc2)NC1=O. The first-order valence-corrected chi connectivity index (χ1v) is 7.69. The van der Waals surface area contributed by atoms with E-state index in [2.05, 4.69) is 10.3 Å². The molecule has 3 rings (SSSR count). The summed E-state index contributed by atoms with van der Waals surface area (Å²) in [4.78, 5) is 17.0. The molecule has 0 unspecified atom stereocenters. The summed E-state index contributed by atoms with van der Waals surface area (Å²) in [6.45, 7) is 0. The number of amidine groups is 1. The van der Waals surface area contributed by atoms with E-state index in [1.54, 1.807) is 37.5 Å². The van der Waals surface area contributed by atoms with E-state index in [1.807, 2.05) is 24.3 Å². The van der Waals surface area contributed by atoms with Gasteiger partial charge in [-0.25, -0.2) is 4.99 Å². The Morgan fingerprint density at radius 3 is 2.65 bits per heavy atom. The maximum Gasteiger partial charge on any atom is 0.264 e. The maximum absolute atomic E-state index is 12.1. The van der Waals surface area contributed by atoms with Gasteiger partial charge in [0.2, 0.25) is 0 Å². The lowest BCUT2D eigenvalue weighted by Crippen LogP contribution is -2.19. The zero-order chi connectivity index (χ0) is 16.2. The summed E-state index contributed by atoms with van der Waals surface area (Å²) in [6.07, 6.45) is 1.78. The van der Waals surface area contributed by atoms with Crippen LogP contribution in [0.1, 0.15) is 5.56 Å². The first-order valence-electron chi connectivity index (χ1n) is 6.87. The van der Waals surface area contributed by atoms with Crippen molar-refractivity contribution >= 4 is 34.6 Å². The van der Waals surface area contributed by atoms with Crippen molar-refractivity contribution in [1.29, 1.82) is 0 Å². The molecule has 2 aromatic rings. The Labute approximate surface area is 137 Å². The zero-order valence-corrected chi connectivity index (χ0v) is 13.1. The van der Waals surface area contributed by atoms with Gasteiger partial charge in [0.25, 0.3) is 5.91 Å². The smallest absolute Gasteiger partial charge is 0.264 e.